The molecule has 4 rings (SSSR count). The van der Waals surface area contributed by atoms with E-state index >= 15 is 0 Å². The van der Waals surface area contributed by atoms with Crippen molar-refractivity contribution in [2.24, 2.45) is 0 Å². The fraction of sp³-hybridized carbons (Fsp3) is 0.714. The number of rotatable bonds is 2. The average molecular weight is 259 g/mol. The second-order valence-electron chi connectivity index (χ2n) is 5.82. The molecule has 0 unspecified atom stereocenters. The predicted molar refractivity (Wildman–Crippen MR) is 74.5 cm³/mol. The van der Waals surface area contributed by atoms with Crippen molar-refractivity contribution in [3.05, 3.63) is 17.6 Å². The molecule has 3 aliphatic rings. The van der Waals surface area contributed by atoms with E-state index in [1.165, 1.54) is 43.0 Å². The summed E-state index contributed by atoms with van der Waals surface area (Å²) >= 11 is 0. The van der Waals surface area contributed by atoms with E-state index in [1.54, 1.807) is 6.33 Å². The molecule has 0 aromatic carbocycles. The lowest BCUT2D eigenvalue weighted by atomic mass is 10.0. The molecule has 1 N–H and O–H groups in total. The maximum absolute atomic E-state index is 4.54. The van der Waals surface area contributed by atoms with E-state index in [-0.39, 0.29) is 0 Å². The molecule has 0 amide bonds. The van der Waals surface area contributed by atoms with Gasteiger partial charge in [0.15, 0.2) is 0 Å². The highest BCUT2D eigenvalue weighted by Gasteiger charge is 2.35. The molecule has 0 spiro atoms. The number of nitrogens with zero attached hydrogens (tertiary/aromatic N) is 4. The van der Waals surface area contributed by atoms with E-state index in [4.69, 9.17) is 0 Å². The van der Waals surface area contributed by atoms with E-state index in [0.717, 1.165) is 38.6 Å². The molecule has 2 fully saturated rings. The lowest BCUT2D eigenvalue weighted by molar-refractivity contribution is 0.147. The summed E-state index contributed by atoms with van der Waals surface area (Å²) < 4.78 is 0. The van der Waals surface area contributed by atoms with Crippen LogP contribution in [-0.2, 0) is 12.8 Å². The Bertz CT molecular complexity index is 463. The highest BCUT2D eigenvalue weighted by molar-refractivity contribution is 5.52. The first kappa shape index (κ1) is 11.6. The van der Waals surface area contributed by atoms with Gasteiger partial charge in [-0.3, -0.25) is 4.90 Å². The molecule has 0 saturated carbocycles. The zero-order chi connectivity index (χ0) is 12.7. The molecule has 0 atom stereocenters. The van der Waals surface area contributed by atoms with Crippen LogP contribution in [0.15, 0.2) is 6.33 Å². The van der Waals surface area contributed by atoms with Crippen molar-refractivity contribution in [2.45, 2.75) is 25.3 Å². The molecule has 1 aliphatic carbocycles. The van der Waals surface area contributed by atoms with Crippen molar-refractivity contribution in [3.8, 4) is 0 Å². The molecule has 3 heterocycles. The van der Waals surface area contributed by atoms with Gasteiger partial charge in [-0.25, -0.2) is 9.97 Å². The van der Waals surface area contributed by atoms with Crippen molar-refractivity contribution in [3.63, 3.8) is 0 Å². The van der Waals surface area contributed by atoms with Gasteiger partial charge in [-0.05, 0) is 19.3 Å². The van der Waals surface area contributed by atoms with Gasteiger partial charge >= 0.3 is 0 Å². The normalized spacial score (nSPS) is 24.3. The minimum absolute atomic E-state index is 0.731. The highest BCUT2D eigenvalue weighted by atomic mass is 15.3. The zero-order valence-corrected chi connectivity index (χ0v) is 11.3. The Morgan fingerprint density at radius 1 is 1.11 bits per heavy atom. The largest absolute Gasteiger partial charge is 0.353 e. The summed E-state index contributed by atoms with van der Waals surface area (Å²) in [5.74, 6) is 1.22. The van der Waals surface area contributed by atoms with Gasteiger partial charge in [0.05, 0.1) is 0 Å². The Morgan fingerprint density at radius 2 is 1.95 bits per heavy atom. The molecule has 19 heavy (non-hydrogen) atoms. The summed E-state index contributed by atoms with van der Waals surface area (Å²) in [4.78, 5) is 14.0. The van der Waals surface area contributed by atoms with Crippen LogP contribution in [-0.4, -0.2) is 60.2 Å². The Kier molecular flexibility index (Phi) is 2.89. The number of nitrogens with one attached hydrogen (secondary N) is 1. The molecule has 1 aromatic rings. The molecule has 5 heteroatoms. The Morgan fingerprint density at radius 3 is 2.79 bits per heavy atom. The van der Waals surface area contributed by atoms with Crippen LogP contribution in [0.1, 0.15) is 17.7 Å². The number of hydrogen-bond donors (Lipinski definition) is 1. The number of anilines is 1. The topological polar surface area (TPSA) is 44.3 Å². The predicted octanol–water partition coefficient (Wildman–Crippen LogP) is 0.0591. The van der Waals surface area contributed by atoms with E-state index in [2.05, 4.69) is 25.1 Å². The van der Waals surface area contributed by atoms with E-state index in [1.807, 2.05) is 0 Å². The summed E-state index contributed by atoms with van der Waals surface area (Å²) in [5, 5.41) is 3.42. The van der Waals surface area contributed by atoms with Crippen molar-refractivity contribution in [2.75, 3.05) is 44.2 Å². The molecular weight excluding hydrogens is 238 g/mol. The van der Waals surface area contributed by atoms with Crippen molar-refractivity contribution < 1.29 is 0 Å². The third-order valence-corrected chi connectivity index (χ3v) is 4.68. The Labute approximate surface area is 114 Å². The molecule has 2 saturated heterocycles. The second kappa shape index (κ2) is 4.72. The van der Waals surface area contributed by atoms with Crippen LogP contribution in [0.5, 0.6) is 0 Å². The van der Waals surface area contributed by atoms with Gasteiger partial charge in [0, 0.05) is 56.6 Å². The van der Waals surface area contributed by atoms with Gasteiger partial charge in [-0.15, -0.1) is 0 Å². The summed E-state index contributed by atoms with van der Waals surface area (Å²) in [7, 11) is 0. The Balaban J connectivity index is 1.44. The minimum atomic E-state index is 0.731. The number of piperazine rings is 1. The monoisotopic (exact) mass is 259 g/mol. The van der Waals surface area contributed by atoms with E-state index in [9.17, 15) is 0 Å². The van der Waals surface area contributed by atoms with Gasteiger partial charge in [0.25, 0.3) is 0 Å². The standard InChI is InChI=1S/C14H21N5/c1-2-12-13(3-1)16-10-17-14(12)19-8-11(9-19)18-6-4-15-5-7-18/h10-11,15H,1-9H2. The molecule has 5 nitrogen and oxygen atoms in total. The molecule has 0 radical (unpaired) electrons. The number of aromatic nitrogens is 2. The lowest BCUT2D eigenvalue weighted by Crippen LogP contribution is -2.63. The molecule has 0 bridgehead atoms. The van der Waals surface area contributed by atoms with Crippen LogP contribution in [0.4, 0.5) is 5.82 Å². The van der Waals surface area contributed by atoms with Gasteiger partial charge in [0.2, 0.25) is 0 Å². The van der Waals surface area contributed by atoms with Crippen LogP contribution >= 0.6 is 0 Å². The van der Waals surface area contributed by atoms with Crippen LogP contribution < -0.4 is 10.2 Å². The summed E-state index contributed by atoms with van der Waals surface area (Å²) in [5.41, 5.74) is 2.71. The van der Waals surface area contributed by atoms with Crippen molar-refractivity contribution in [1.29, 1.82) is 0 Å². The smallest absolute Gasteiger partial charge is 0.135 e. The second-order valence-corrected chi connectivity index (χ2v) is 5.82. The average Bonchev–Trinajstić information content (AvgIpc) is 2.87. The van der Waals surface area contributed by atoms with E-state index < -0.39 is 0 Å². The quantitative estimate of drug-likeness (QED) is 0.813. The third kappa shape index (κ3) is 2.01. The maximum Gasteiger partial charge on any atom is 0.135 e. The number of fused-ring (bicyclic) bond motifs is 1. The van der Waals surface area contributed by atoms with Crippen LogP contribution in [0.25, 0.3) is 0 Å². The fourth-order valence-corrected chi connectivity index (χ4v) is 3.52. The number of aryl methyl sites for hydroxylation is 1. The van der Waals surface area contributed by atoms with Crippen LogP contribution in [0, 0.1) is 0 Å². The fourth-order valence-electron chi connectivity index (χ4n) is 3.52. The molecular formula is C14H21N5. The van der Waals surface area contributed by atoms with Gasteiger partial charge in [0.1, 0.15) is 12.1 Å². The van der Waals surface area contributed by atoms with Crippen molar-refractivity contribution in [1.82, 2.24) is 20.2 Å². The maximum atomic E-state index is 4.54. The molecule has 1 aromatic heterocycles. The molecule has 102 valence electrons. The first-order valence-electron chi connectivity index (χ1n) is 7.44. The summed E-state index contributed by atoms with van der Waals surface area (Å²) in [6.07, 6.45) is 5.30. The molecule has 2 aliphatic heterocycles. The first-order chi connectivity index (χ1) is 9.42. The summed E-state index contributed by atoms with van der Waals surface area (Å²) in [6.45, 7) is 6.95. The van der Waals surface area contributed by atoms with Gasteiger partial charge in [-0.1, -0.05) is 0 Å². The Hall–Kier alpha value is -1.20. The SMILES string of the molecule is c1nc2c(c(N3CC(N4CCNCC4)C3)n1)CCC2. The summed E-state index contributed by atoms with van der Waals surface area (Å²) in [6, 6.07) is 0.731. The lowest BCUT2D eigenvalue weighted by Gasteiger charge is -2.47. The third-order valence-electron chi connectivity index (χ3n) is 4.68. The number of hydrogen-bond acceptors (Lipinski definition) is 5. The van der Waals surface area contributed by atoms with Gasteiger partial charge < -0.3 is 10.2 Å². The first-order valence-corrected chi connectivity index (χ1v) is 7.44. The van der Waals surface area contributed by atoms with Crippen LogP contribution in [0.3, 0.4) is 0 Å². The zero-order valence-electron chi connectivity index (χ0n) is 11.3. The van der Waals surface area contributed by atoms with Crippen LogP contribution in [0.2, 0.25) is 0 Å². The van der Waals surface area contributed by atoms with E-state index in [0.29, 0.717) is 0 Å². The van der Waals surface area contributed by atoms with Gasteiger partial charge in [-0.2, -0.15) is 0 Å². The highest BCUT2D eigenvalue weighted by Crippen LogP contribution is 2.31. The minimum Gasteiger partial charge on any atom is -0.353 e. The van der Waals surface area contributed by atoms with Crippen molar-refractivity contribution >= 4 is 5.82 Å².